The normalized spacial score (nSPS) is 12.8. The average Bonchev–Trinajstić information content (AvgIpc) is 2.36. The highest BCUT2D eigenvalue weighted by molar-refractivity contribution is 7.89. The zero-order valence-electron chi connectivity index (χ0n) is 10.9. The number of carboxylic acid groups (broad SMARTS) is 1. The van der Waals surface area contributed by atoms with E-state index < -0.39 is 27.9 Å². The zero-order chi connectivity index (χ0) is 15.3. The van der Waals surface area contributed by atoms with Gasteiger partial charge in [0.05, 0.1) is 4.90 Å². The smallest absolute Gasteiger partial charge is 0.303 e. The molecule has 7 nitrogen and oxygen atoms in total. The highest BCUT2D eigenvalue weighted by Gasteiger charge is 2.18. The Bertz CT molecular complexity index is 595. The fraction of sp³-hybridized carbons (Fsp3) is 0.333. The first-order valence-electron chi connectivity index (χ1n) is 5.86. The molecule has 1 amide bonds. The fourth-order valence-corrected chi connectivity index (χ4v) is 2.81. The van der Waals surface area contributed by atoms with Crippen molar-refractivity contribution >= 4 is 21.9 Å². The molecule has 1 aromatic carbocycles. The summed E-state index contributed by atoms with van der Waals surface area (Å²) >= 11 is 0. The second-order valence-corrected chi connectivity index (χ2v) is 6.06. The molecule has 0 aliphatic heterocycles. The van der Waals surface area contributed by atoms with Gasteiger partial charge < -0.3 is 10.8 Å². The summed E-state index contributed by atoms with van der Waals surface area (Å²) in [5.74, 6) is -1.63. The van der Waals surface area contributed by atoms with Crippen LogP contribution in [0.2, 0.25) is 0 Å². The maximum absolute atomic E-state index is 12.0. The van der Waals surface area contributed by atoms with E-state index in [4.69, 9.17) is 10.8 Å². The number of rotatable bonds is 7. The number of benzene rings is 1. The number of amides is 1. The molecule has 1 aromatic rings. The number of carbonyl (C=O) groups excluding carboxylic acids is 1. The predicted octanol–water partition coefficient (Wildman–Crippen LogP) is 0.317. The SMILES string of the molecule is CC(CCC(=O)O)NS(=O)(=O)c1ccc(C(N)=O)cc1. The quantitative estimate of drug-likeness (QED) is 0.668. The Morgan fingerprint density at radius 2 is 1.85 bits per heavy atom. The molecule has 0 saturated carbocycles. The number of primary amides is 1. The van der Waals surface area contributed by atoms with Crippen LogP contribution in [0.5, 0.6) is 0 Å². The van der Waals surface area contributed by atoms with Gasteiger partial charge in [-0.3, -0.25) is 9.59 Å². The van der Waals surface area contributed by atoms with Gasteiger partial charge in [-0.1, -0.05) is 0 Å². The number of nitrogens with two attached hydrogens (primary N) is 1. The Labute approximate surface area is 116 Å². The first-order valence-corrected chi connectivity index (χ1v) is 7.34. The maximum Gasteiger partial charge on any atom is 0.303 e. The highest BCUT2D eigenvalue weighted by atomic mass is 32.2. The summed E-state index contributed by atoms with van der Waals surface area (Å²) in [5.41, 5.74) is 5.27. The van der Waals surface area contributed by atoms with Gasteiger partial charge in [-0.05, 0) is 37.6 Å². The van der Waals surface area contributed by atoms with E-state index in [-0.39, 0.29) is 23.3 Å². The first-order chi connectivity index (χ1) is 9.22. The largest absolute Gasteiger partial charge is 0.481 e. The summed E-state index contributed by atoms with van der Waals surface area (Å²) in [7, 11) is -3.74. The van der Waals surface area contributed by atoms with Crippen LogP contribution in [0.1, 0.15) is 30.1 Å². The van der Waals surface area contributed by atoms with E-state index in [9.17, 15) is 18.0 Å². The van der Waals surface area contributed by atoms with Gasteiger partial charge in [0.15, 0.2) is 0 Å². The molecule has 0 aliphatic rings. The summed E-state index contributed by atoms with van der Waals surface area (Å²) in [4.78, 5) is 21.3. The summed E-state index contributed by atoms with van der Waals surface area (Å²) in [6.45, 7) is 1.58. The van der Waals surface area contributed by atoms with Crippen molar-refractivity contribution in [1.29, 1.82) is 0 Å². The van der Waals surface area contributed by atoms with Crippen LogP contribution < -0.4 is 10.5 Å². The number of hydrogen-bond donors (Lipinski definition) is 3. The molecule has 0 radical (unpaired) electrons. The standard InChI is InChI=1S/C12H16N2O5S/c1-8(2-7-11(15)16)14-20(18,19)10-5-3-9(4-6-10)12(13)17/h3-6,8,14H,2,7H2,1H3,(H2,13,17)(H,15,16). The van der Waals surface area contributed by atoms with Gasteiger partial charge in [0.1, 0.15) is 0 Å². The van der Waals surface area contributed by atoms with Crippen LogP contribution in [-0.2, 0) is 14.8 Å². The van der Waals surface area contributed by atoms with E-state index in [0.29, 0.717) is 0 Å². The van der Waals surface area contributed by atoms with Gasteiger partial charge in [-0.2, -0.15) is 0 Å². The lowest BCUT2D eigenvalue weighted by Gasteiger charge is -2.13. The van der Waals surface area contributed by atoms with E-state index in [0.717, 1.165) is 0 Å². The number of carboxylic acids is 1. The van der Waals surface area contributed by atoms with Crippen molar-refractivity contribution in [2.75, 3.05) is 0 Å². The second kappa shape index (κ2) is 6.49. The molecule has 0 bridgehead atoms. The van der Waals surface area contributed by atoms with E-state index in [1.165, 1.54) is 24.3 Å². The summed E-state index contributed by atoms with van der Waals surface area (Å²) in [6.07, 6.45) is 0.0677. The van der Waals surface area contributed by atoms with Crippen LogP contribution in [-0.4, -0.2) is 31.4 Å². The summed E-state index contributed by atoms with van der Waals surface area (Å²) in [6, 6.07) is 4.67. The Morgan fingerprint density at radius 3 is 2.30 bits per heavy atom. The number of nitrogens with one attached hydrogen (secondary N) is 1. The molecule has 0 fully saturated rings. The molecule has 1 rings (SSSR count). The molecule has 0 heterocycles. The topological polar surface area (TPSA) is 127 Å². The minimum absolute atomic E-state index is 0.00956. The summed E-state index contributed by atoms with van der Waals surface area (Å²) in [5, 5.41) is 8.54. The molecule has 1 unspecified atom stereocenters. The van der Waals surface area contributed by atoms with E-state index in [1.54, 1.807) is 6.92 Å². The van der Waals surface area contributed by atoms with E-state index >= 15 is 0 Å². The molecular weight excluding hydrogens is 284 g/mol. The Hall–Kier alpha value is -1.93. The minimum Gasteiger partial charge on any atom is -0.481 e. The van der Waals surface area contributed by atoms with Gasteiger partial charge in [-0.15, -0.1) is 0 Å². The second-order valence-electron chi connectivity index (χ2n) is 4.34. The number of carbonyl (C=O) groups is 2. The van der Waals surface area contributed by atoms with Crippen molar-refractivity contribution in [1.82, 2.24) is 4.72 Å². The lowest BCUT2D eigenvalue weighted by Crippen LogP contribution is -2.33. The van der Waals surface area contributed by atoms with Crippen LogP contribution in [0.4, 0.5) is 0 Å². The highest BCUT2D eigenvalue weighted by Crippen LogP contribution is 2.12. The van der Waals surface area contributed by atoms with Gasteiger partial charge >= 0.3 is 5.97 Å². The molecule has 8 heteroatoms. The molecule has 0 aliphatic carbocycles. The molecule has 0 saturated heterocycles. The maximum atomic E-state index is 12.0. The number of hydrogen-bond acceptors (Lipinski definition) is 4. The van der Waals surface area contributed by atoms with Crippen molar-refractivity contribution in [2.24, 2.45) is 5.73 Å². The van der Waals surface area contributed by atoms with Crippen LogP contribution in [0.25, 0.3) is 0 Å². The van der Waals surface area contributed by atoms with E-state index in [1.807, 2.05) is 0 Å². The number of sulfonamides is 1. The monoisotopic (exact) mass is 300 g/mol. The first kappa shape index (κ1) is 16.1. The predicted molar refractivity (Wildman–Crippen MR) is 71.6 cm³/mol. The molecule has 4 N–H and O–H groups in total. The number of aliphatic carboxylic acids is 1. The fourth-order valence-electron chi connectivity index (χ4n) is 1.53. The molecule has 0 aromatic heterocycles. The molecule has 20 heavy (non-hydrogen) atoms. The Kier molecular flexibility index (Phi) is 5.23. The van der Waals surface area contributed by atoms with Crippen LogP contribution in [0.3, 0.4) is 0 Å². The lowest BCUT2D eigenvalue weighted by molar-refractivity contribution is -0.137. The molecule has 1 atom stereocenters. The van der Waals surface area contributed by atoms with Crippen molar-refractivity contribution in [3.63, 3.8) is 0 Å². The van der Waals surface area contributed by atoms with Crippen molar-refractivity contribution in [2.45, 2.75) is 30.7 Å². The van der Waals surface area contributed by atoms with Crippen LogP contribution >= 0.6 is 0 Å². The third-order valence-electron chi connectivity index (χ3n) is 2.60. The van der Waals surface area contributed by atoms with E-state index in [2.05, 4.69) is 4.72 Å². The van der Waals surface area contributed by atoms with Gasteiger partial charge in [-0.25, -0.2) is 13.1 Å². The lowest BCUT2D eigenvalue weighted by atomic mass is 10.2. The third kappa shape index (κ3) is 4.63. The minimum atomic E-state index is -3.74. The average molecular weight is 300 g/mol. The summed E-state index contributed by atoms with van der Waals surface area (Å²) < 4.78 is 26.4. The third-order valence-corrected chi connectivity index (χ3v) is 4.20. The molecule has 110 valence electrons. The Balaban J connectivity index is 2.78. The molecular formula is C12H16N2O5S. The zero-order valence-corrected chi connectivity index (χ0v) is 11.7. The van der Waals surface area contributed by atoms with Crippen LogP contribution in [0.15, 0.2) is 29.2 Å². The van der Waals surface area contributed by atoms with Crippen molar-refractivity contribution in [3.8, 4) is 0 Å². The van der Waals surface area contributed by atoms with Crippen LogP contribution in [0, 0.1) is 0 Å². The Morgan fingerprint density at radius 1 is 1.30 bits per heavy atom. The van der Waals surface area contributed by atoms with Gasteiger partial charge in [0, 0.05) is 18.0 Å². The van der Waals surface area contributed by atoms with Gasteiger partial charge in [0.25, 0.3) is 0 Å². The molecule has 0 spiro atoms. The van der Waals surface area contributed by atoms with Crippen molar-refractivity contribution < 1.29 is 23.1 Å². The van der Waals surface area contributed by atoms with Gasteiger partial charge in [0.2, 0.25) is 15.9 Å². The van der Waals surface area contributed by atoms with Crippen molar-refractivity contribution in [3.05, 3.63) is 29.8 Å².